The van der Waals surface area contributed by atoms with Crippen LogP contribution in [0.5, 0.6) is 0 Å². The van der Waals surface area contributed by atoms with Crippen LogP contribution in [0, 0.1) is 0 Å². The Balaban J connectivity index is 2.40. The third kappa shape index (κ3) is 4.50. The van der Waals surface area contributed by atoms with E-state index in [2.05, 4.69) is 31.0 Å². The highest BCUT2D eigenvalue weighted by Crippen LogP contribution is 2.25. The van der Waals surface area contributed by atoms with E-state index in [-0.39, 0.29) is 12.1 Å². The van der Waals surface area contributed by atoms with E-state index in [0.29, 0.717) is 6.10 Å². The van der Waals surface area contributed by atoms with Gasteiger partial charge in [-0.1, -0.05) is 20.8 Å². The highest BCUT2D eigenvalue weighted by molar-refractivity contribution is 4.92. The highest BCUT2D eigenvalue weighted by Gasteiger charge is 2.35. The van der Waals surface area contributed by atoms with Crippen molar-refractivity contribution < 1.29 is 9.84 Å². The van der Waals surface area contributed by atoms with Gasteiger partial charge in [-0.25, -0.2) is 0 Å². The van der Waals surface area contributed by atoms with Gasteiger partial charge in [0.1, 0.15) is 0 Å². The minimum absolute atomic E-state index is 0.119. The van der Waals surface area contributed by atoms with E-state index >= 15 is 0 Å². The first-order valence-corrected chi connectivity index (χ1v) is 7.39. The maximum absolute atomic E-state index is 9.70. The molecule has 0 aromatic rings. The molecule has 2 unspecified atom stereocenters. The summed E-state index contributed by atoms with van der Waals surface area (Å²) in [6, 6.07) is 0. The Kier molecular flexibility index (Phi) is 7.15. The number of likely N-dealkylation sites (N-methyl/N-ethyl adjacent to an activating group) is 1. The second kappa shape index (κ2) is 8.10. The molecule has 0 bridgehead atoms. The molecule has 4 heteroatoms. The molecule has 0 aromatic heterocycles. The fraction of sp³-hybridized carbons (Fsp3) is 1.00. The van der Waals surface area contributed by atoms with Crippen LogP contribution in [0.15, 0.2) is 0 Å². The quantitative estimate of drug-likeness (QED) is 0.687. The average molecular weight is 258 g/mol. The lowest BCUT2D eigenvalue weighted by Crippen LogP contribution is -2.55. The molecule has 1 rings (SSSR count). The van der Waals surface area contributed by atoms with Crippen molar-refractivity contribution >= 4 is 0 Å². The van der Waals surface area contributed by atoms with Gasteiger partial charge < -0.3 is 20.1 Å². The average Bonchev–Trinajstić information content (AvgIpc) is 2.44. The number of nitrogens with zero attached hydrogens (tertiary/aromatic N) is 1. The van der Waals surface area contributed by atoms with Crippen molar-refractivity contribution in [1.29, 1.82) is 0 Å². The Hall–Kier alpha value is -0.160. The number of rotatable bonds is 8. The summed E-state index contributed by atoms with van der Waals surface area (Å²) >= 11 is 0. The van der Waals surface area contributed by atoms with Gasteiger partial charge in [0.2, 0.25) is 0 Å². The monoisotopic (exact) mass is 258 g/mol. The summed E-state index contributed by atoms with van der Waals surface area (Å²) in [6.07, 6.45) is 3.17. The first-order chi connectivity index (χ1) is 8.69. The predicted octanol–water partition coefficient (Wildman–Crippen LogP) is 1.24. The van der Waals surface area contributed by atoms with Gasteiger partial charge in [0.25, 0.3) is 0 Å². The largest absolute Gasteiger partial charge is 0.394 e. The number of aliphatic hydroxyl groups is 1. The third-order valence-corrected chi connectivity index (χ3v) is 4.13. The zero-order valence-corrected chi connectivity index (χ0v) is 12.2. The lowest BCUT2D eigenvalue weighted by molar-refractivity contribution is -0.0462. The van der Waals surface area contributed by atoms with Crippen molar-refractivity contribution in [1.82, 2.24) is 10.2 Å². The fourth-order valence-electron chi connectivity index (χ4n) is 2.66. The molecule has 0 aromatic carbocycles. The second-order valence-electron chi connectivity index (χ2n) is 5.25. The van der Waals surface area contributed by atoms with E-state index < -0.39 is 0 Å². The lowest BCUT2D eigenvalue weighted by atomic mass is 9.86. The molecule has 0 saturated carbocycles. The van der Waals surface area contributed by atoms with Crippen molar-refractivity contribution in [3.63, 3.8) is 0 Å². The SMILES string of the molecule is CCC1CC(CO)(NCCN(CC)CC)CCO1. The lowest BCUT2D eigenvalue weighted by Gasteiger charge is -2.40. The summed E-state index contributed by atoms with van der Waals surface area (Å²) in [7, 11) is 0. The zero-order valence-electron chi connectivity index (χ0n) is 12.2. The van der Waals surface area contributed by atoms with Crippen LogP contribution < -0.4 is 5.32 Å². The van der Waals surface area contributed by atoms with Crippen LogP contribution in [-0.2, 0) is 4.74 Å². The summed E-state index contributed by atoms with van der Waals surface area (Å²) in [4.78, 5) is 2.40. The molecule has 1 heterocycles. The Bertz CT molecular complexity index is 222. The van der Waals surface area contributed by atoms with Crippen LogP contribution in [0.1, 0.15) is 40.0 Å². The molecule has 1 fully saturated rings. The molecule has 0 aliphatic carbocycles. The summed E-state index contributed by atoms with van der Waals surface area (Å²) in [5.41, 5.74) is -0.119. The first kappa shape index (κ1) is 15.9. The van der Waals surface area contributed by atoms with Gasteiger partial charge in [0.05, 0.1) is 12.7 Å². The van der Waals surface area contributed by atoms with Gasteiger partial charge in [-0.2, -0.15) is 0 Å². The predicted molar refractivity (Wildman–Crippen MR) is 74.9 cm³/mol. The maximum Gasteiger partial charge on any atom is 0.0615 e. The van der Waals surface area contributed by atoms with E-state index in [1.54, 1.807) is 0 Å². The van der Waals surface area contributed by atoms with Gasteiger partial charge in [-0.15, -0.1) is 0 Å². The van der Waals surface area contributed by atoms with Crippen LogP contribution in [0.2, 0.25) is 0 Å². The van der Waals surface area contributed by atoms with E-state index in [4.69, 9.17) is 4.74 Å². The zero-order chi connectivity index (χ0) is 13.4. The fourth-order valence-corrected chi connectivity index (χ4v) is 2.66. The van der Waals surface area contributed by atoms with E-state index in [1.807, 2.05) is 0 Å². The van der Waals surface area contributed by atoms with Crippen LogP contribution in [0.25, 0.3) is 0 Å². The first-order valence-electron chi connectivity index (χ1n) is 7.39. The summed E-state index contributed by atoms with van der Waals surface area (Å²) < 4.78 is 5.69. The second-order valence-corrected chi connectivity index (χ2v) is 5.25. The van der Waals surface area contributed by atoms with Gasteiger partial charge in [-0.05, 0) is 32.4 Å². The minimum atomic E-state index is -0.119. The normalized spacial score (nSPS) is 28.8. The molecule has 0 spiro atoms. The summed E-state index contributed by atoms with van der Waals surface area (Å²) in [5, 5.41) is 13.3. The topological polar surface area (TPSA) is 44.7 Å². The third-order valence-electron chi connectivity index (χ3n) is 4.13. The van der Waals surface area contributed by atoms with Gasteiger partial charge in [-0.3, -0.25) is 0 Å². The van der Waals surface area contributed by atoms with E-state index in [9.17, 15) is 5.11 Å². The molecule has 108 valence electrons. The molecular formula is C14H30N2O2. The Morgan fingerprint density at radius 2 is 2.06 bits per heavy atom. The Morgan fingerprint density at radius 1 is 1.33 bits per heavy atom. The number of nitrogens with one attached hydrogen (secondary N) is 1. The van der Waals surface area contributed by atoms with Crippen molar-refractivity contribution in [3.05, 3.63) is 0 Å². The standard InChI is InChI=1S/C14H30N2O2/c1-4-13-11-14(12-17,7-10-18-13)15-8-9-16(5-2)6-3/h13,15,17H,4-12H2,1-3H3. The van der Waals surface area contributed by atoms with Crippen LogP contribution in [0.3, 0.4) is 0 Å². The number of aliphatic hydroxyl groups excluding tert-OH is 1. The van der Waals surface area contributed by atoms with Crippen LogP contribution >= 0.6 is 0 Å². The summed E-state index contributed by atoms with van der Waals surface area (Å²) in [5.74, 6) is 0. The Morgan fingerprint density at radius 3 is 2.61 bits per heavy atom. The highest BCUT2D eigenvalue weighted by atomic mass is 16.5. The molecule has 1 aliphatic rings. The van der Waals surface area contributed by atoms with Gasteiger partial charge >= 0.3 is 0 Å². The van der Waals surface area contributed by atoms with Crippen molar-refractivity contribution in [2.75, 3.05) is 39.4 Å². The van der Waals surface area contributed by atoms with Crippen molar-refractivity contribution in [2.24, 2.45) is 0 Å². The van der Waals surface area contributed by atoms with Crippen LogP contribution in [0.4, 0.5) is 0 Å². The summed E-state index contributed by atoms with van der Waals surface area (Å²) in [6.45, 7) is 11.7. The van der Waals surface area contributed by atoms with Crippen LogP contribution in [-0.4, -0.2) is 61.0 Å². The van der Waals surface area contributed by atoms with E-state index in [0.717, 1.165) is 52.0 Å². The molecule has 4 nitrogen and oxygen atoms in total. The molecular weight excluding hydrogens is 228 g/mol. The maximum atomic E-state index is 9.70. The van der Waals surface area contributed by atoms with Gasteiger partial charge in [0.15, 0.2) is 0 Å². The molecule has 18 heavy (non-hydrogen) atoms. The minimum Gasteiger partial charge on any atom is -0.394 e. The van der Waals surface area contributed by atoms with Gasteiger partial charge in [0, 0.05) is 25.2 Å². The molecule has 1 aliphatic heterocycles. The molecule has 0 amide bonds. The number of ether oxygens (including phenoxy) is 1. The molecule has 2 N–H and O–H groups in total. The van der Waals surface area contributed by atoms with Crippen molar-refractivity contribution in [3.8, 4) is 0 Å². The molecule has 0 radical (unpaired) electrons. The molecule has 1 saturated heterocycles. The smallest absolute Gasteiger partial charge is 0.0615 e. The number of hydrogen-bond acceptors (Lipinski definition) is 4. The van der Waals surface area contributed by atoms with Crippen molar-refractivity contribution in [2.45, 2.75) is 51.7 Å². The molecule has 2 atom stereocenters. The Labute approximate surface area is 112 Å². The number of hydrogen-bond donors (Lipinski definition) is 2. The van der Waals surface area contributed by atoms with E-state index in [1.165, 1.54) is 0 Å².